The predicted molar refractivity (Wildman–Crippen MR) is 163 cm³/mol. The second kappa shape index (κ2) is 12.6. The number of imide groups is 2. The van der Waals surface area contributed by atoms with Gasteiger partial charge in [0.05, 0.1) is 12.3 Å². The molecule has 1 aliphatic heterocycles. The number of ether oxygens (including phenoxy) is 2. The molecule has 4 aromatic rings. The van der Waals surface area contributed by atoms with E-state index in [0.29, 0.717) is 42.4 Å². The molecule has 0 aliphatic carbocycles. The fourth-order valence-corrected chi connectivity index (χ4v) is 4.98. The highest BCUT2D eigenvalue weighted by Gasteiger charge is 2.36. The highest BCUT2D eigenvalue weighted by atomic mass is 16.5. The topological polar surface area (TPSA) is 84.9 Å². The maximum absolute atomic E-state index is 13.4. The van der Waals surface area contributed by atoms with Crippen LogP contribution in [0.3, 0.4) is 0 Å². The van der Waals surface area contributed by atoms with E-state index in [1.807, 2.05) is 55.5 Å². The van der Waals surface area contributed by atoms with Crippen LogP contribution >= 0.6 is 0 Å². The van der Waals surface area contributed by atoms with Crippen LogP contribution in [0.15, 0.2) is 96.6 Å². The second-order valence-electron chi connectivity index (χ2n) is 10.2. The fraction of sp³-hybridized carbons (Fsp3) is 0.171. The van der Waals surface area contributed by atoms with Crippen LogP contribution in [0.1, 0.15) is 40.3 Å². The molecule has 0 atom stereocenters. The Kier molecular flexibility index (Phi) is 8.48. The zero-order chi connectivity index (χ0) is 29.6. The highest BCUT2D eigenvalue weighted by molar-refractivity contribution is 6.39. The molecule has 1 fully saturated rings. The third-order valence-corrected chi connectivity index (χ3v) is 6.82. The molecule has 212 valence electrons. The second-order valence-corrected chi connectivity index (χ2v) is 10.2. The van der Waals surface area contributed by atoms with Crippen LogP contribution in [0, 0.1) is 13.8 Å². The van der Waals surface area contributed by atoms with Crippen molar-refractivity contribution >= 4 is 29.6 Å². The molecule has 42 heavy (non-hydrogen) atoms. The fourth-order valence-electron chi connectivity index (χ4n) is 4.98. The number of rotatable bonds is 9. The molecule has 0 radical (unpaired) electrons. The van der Waals surface area contributed by atoms with Gasteiger partial charge in [0.1, 0.15) is 23.7 Å². The Morgan fingerprint density at radius 2 is 1.50 bits per heavy atom. The molecule has 4 amide bonds. The number of hydrogen-bond donors (Lipinski definition) is 1. The lowest BCUT2D eigenvalue weighted by Gasteiger charge is -2.26. The van der Waals surface area contributed by atoms with E-state index in [0.717, 1.165) is 16.0 Å². The first-order valence-corrected chi connectivity index (χ1v) is 13.8. The van der Waals surface area contributed by atoms with Crippen LogP contribution in [0.5, 0.6) is 11.5 Å². The number of amides is 4. The molecule has 0 bridgehead atoms. The summed E-state index contributed by atoms with van der Waals surface area (Å²) in [5, 5.41) is 2.28. The van der Waals surface area contributed by atoms with Crippen molar-refractivity contribution < 1.29 is 23.9 Å². The summed E-state index contributed by atoms with van der Waals surface area (Å²) >= 11 is 0. The minimum Gasteiger partial charge on any atom is -0.494 e. The lowest BCUT2D eigenvalue weighted by molar-refractivity contribution is -0.122. The number of carbonyl (C=O) groups excluding carboxylic acids is 3. The molecule has 4 aromatic carbocycles. The van der Waals surface area contributed by atoms with Gasteiger partial charge in [0.15, 0.2) is 0 Å². The maximum atomic E-state index is 13.4. The van der Waals surface area contributed by atoms with Gasteiger partial charge in [-0.05, 0) is 79.4 Å². The molecular formula is C35H32N2O5. The van der Waals surface area contributed by atoms with E-state index in [9.17, 15) is 14.4 Å². The molecule has 0 saturated carbocycles. The van der Waals surface area contributed by atoms with Crippen LogP contribution in [-0.2, 0) is 22.6 Å². The number of carbonyl (C=O) groups is 3. The average molecular weight is 561 g/mol. The Balaban J connectivity index is 1.37. The van der Waals surface area contributed by atoms with Gasteiger partial charge >= 0.3 is 6.03 Å². The zero-order valence-corrected chi connectivity index (χ0v) is 23.8. The van der Waals surface area contributed by atoms with Gasteiger partial charge in [-0.1, -0.05) is 71.8 Å². The number of urea groups is 1. The van der Waals surface area contributed by atoms with Crippen molar-refractivity contribution in [3.05, 3.63) is 130 Å². The van der Waals surface area contributed by atoms with Gasteiger partial charge in [0, 0.05) is 6.42 Å². The van der Waals surface area contributed by atoms with Crippen molar-refractivity contribution in [2.75, 3.05) is 11.5 Å². The van der Waals surface area contributed by atoms with E-state index in [-0.39, 0.29) is 5.57 Å². The summed E-state index contributed by atoms with van der Waals surface area (Å²) in [6.07, 6.45) is 2.17. The summed E-state index contributed by atoms with van der Waals surface area (Å²) in [6.45, 7) is 6.91. The number of barbiturate groups is 1. The predicted octanol–water partition coefficient (Wildman–Crippen LogP) is 6.54. The lowest BCUT2D eigenvalue weighted by atomic mass is 9.98. The molecule has 0 spiro atoms. The minimum atomic E-state index is -0.807. The number of nitrogens with one attached hydrogen (secondary N) is 1. The molecular weight excluding hydrogens is 528 g/mol. The number of benzene rings is 4. The van der Waals surface area contributed by atoms with E-state index >= 15 is 0 Å². The Bertz CT molecular complexity index is 1640. The summed E-state index contributed by atoms with van der Waals surface area (Å²) < 4.78 is 11.7. The van der Waals surface area contributed by atoms with Gasteiger partial charge in [-0.2, -0.15) is 0 Å². The zero-order valence-electron chi connectivity index (χ0n) is 23.8. The number of nitrogens with zero attached hydrogens (tertiary/aromatic N) is 1. The van der Waals surface area contributed by atoms with E-state index in [2.05, 4.69) is 37.4 Å². The number of aryl methyl sites for hydroxylation is 2. The first kappa shape index (κ1) is 28.4. The summed E-state index contributed by atoms with van der Waals surface area (Å²) in [4.78, 5) is 39.9. The van der Waals surface area contributed by atoms with Gasteiger partial charge in [-0.3, -0.25) is 14.9 Å². The Morgan fingerprint density at radius 1 is 0.786 bits per heavy atom. The summed E-state index contributed by atoms with van der Waals surface area (Å²) in [5.74, 6) is -0.197. The summed E-state index contributed by atoms with van der Waals surface area (Å²) in [5.41, 5.74) is 6.36. The molecule has 5 rings (SSSR count). The van der Waals surface area contributed by atoms with Crippen molar-refractivity contribution in [1.29, 1.82) is 0 Å². The monoisotopic (exact) mass is 560 g/mol. The van der Waals surface area contributed by atoms with E-state index in [4.69, 9.17) is 9.47 Å². The normalized spacial score (nSPS) is 14.2. The third kappa shape index (κ3) is 6.58. The van der Waals surface area contributed by atoms with E-state index < -0.39 is 17.8 Å². The molecule has 1 heterocycles. The molecule has 7 nitrogen and oxygen atoms in total. The van der Waals surface area contributed by atoms with Gasteiger partial charge in [-0.25, -0.2) is 9.69 Å². The van der Waals surface area contributed by atoms with Crippen molar-refractivity contribution in [2.45, 2.75) is 33.8 Å². The largest absolute Gasteiger partial charge is 0.494 e. The minimum absolute atomic E-state index is 0.150. The SMILES string of the molecule is CCOc1cc(/C=C2\C(=O)NC(=O)N(c3ccc(OCc4ccccc4)cc3)C2=O)ccc1Cc1cc(C)cc(C)c1. The first-order valence-electron chi connectivity index (χ1n) is 13.8. The number of anilines is 1. The molecule has 0 aromatic heterocycles. The van der Waals surface area contributed by atoms with Gasteiger partial charge in [0.2, 0.25) is 0 Å². The van der Waals surface area contributed by atoms with Gasteiger partial charge in [-0.15, -0.1) is 0 Å². The van der Waals surface area contributed by atoms with Crippen LogP contribution in [0.2, 0.25) is 0 Å². The van der Waals surface area contributed by atoms with Crippen molar-refractivity contribution in [1.82, 2.24) is 5.32 Å². The van der Waals surface area contributed by atoms with Crippen molar-refractivity contribution in [3.63, 3.8) is 0 Å². The van der Waals surface area contributed by atoms with E-state index in [1.165, 1.54) is 22.8 Å². The van der Waals surface area contributed by atoms with Gasteiger partial charge < -0.3 is 9.47 Å². The van der Waals surface area contributed by atoms with Crippen LogP contribution in [0.25, 0.3) is 6.08 Å². The number of hydrogen-bond acceptors (Lipinski definition) is 5. The smallest absolute Gasteiger partial charge is 0.335 e. The average Bonchev–Trinajstić information content (AvgIpc) is 2.96. The van der Waals surface area contributed by atoms with Crippen molar-refractivity contribution in [2.24, 2.45) is 0 Å². The quantitative estimate of drug-likeness (QED) is 0.186. The van der Waals surface area contributed by atoms with Gasteiger partial charge in [0.25, 0.3) is 11.8 Å². The standard InChI is InChI=1S/C35H32N2O5/c1-4-41-32-21-26(10-11-28(32)19-27-17-23(2)16-24(3)18-27)20-31-33(38)36-35(40)37(34(31)39)29-12-14-30(15-13-29)42-22-25-8-6-5-7-9-25/h5-18,20-21H,4,19,22H2,1-3H3,(H,36,38,40)/b31-20+. The Hall–Kier alpha value is -5.17. The van der Waals surface area contributed by atoms with Crippen LogP contribution in [0.4, 0.5) is 10.5 Å². The Labute approximate surface area is 245 Å². The lowest BCUT2D eigenvalue weighted by Crippen LogP contribution is -2.54. The Morgan fingerprint density at radius 3 is 2.19 bits per heavy atom. The van der Waals surface area contributed by atoms with E-state index in [1.54, 1.807) is 24.3 Å². The highest BCUT2D eigenvalue weighted by Crippen LogP contribution is 2.28. The molecule has 1 N–H and O–H groups in total. The van der Waals surface area contributed by atoms with Crippen molar-refractivity contribution in [3.8, 4) is 11.5 Å². The first-order chi connectivity index (χ1) is 20.3. The molecule has 7 heteroatoms. The summed E-state index contributed by atoms with van der Waals surface area (Å²) in [6, 6.07) is 27.6. The molecule has 1 aliphatic rings. The van der Waals surface area contributed by atoms with Crippen LogP contribution < -0.4 is 19.7 Å². The maximum Gasteiger partial charge on any atom is 0.335 e. The molecule has 1 saturated heterocycles. The summed E-state index contributed by atoms with van der Waals surface area (Å²) in [7, 11) is 0. The molecule has 0 unspecified atom stereocenters. The third-order valence-electron chi connectivity index (χ3n) is 6.82. The van der Waals surface area contributed by atoms with Crippen LogP contribution in [-0.4, -0.2) is 24.5 Å².